The molecular weight excluding hydrogens is 377 g/mol. The zero-order valence-corrected chi connectivity index (χ0v) is 14.4. The average molecular weight is 392 g/mol. The summed E-state index contributed by atoms with van der Waals surface area (Å²) in [5.41, 5.74) is -0.208. The number of nitrogens with zero attached hydrogens (tertiary/aromatic N) is 3. The van der Waals surface area contributed by atoms with Gasteiger partial charge in [0.1, 0.15) is 0 Å². The minimum atomic E-state index is -4.44. The number of halogens is 3. The van der Waals surface area contributed by atoms with Crippen LogP contribution in [0, 0.1) is 10.1 Å². The van der Waals surface area contributed by atoms with Crippen molar-refractivity contribution in [3.63, 3.8) is 0 Å². The maximum Gasteiger partial charge on any atom is 0.416 e. The first-order valence-electron chi connectivity index (χ1n) is 8.27. The second-order valence-electron chi connectivity index (χ2n) is 6.06. The van der Waals surface area contributed by atoms with E-state index < -0.39 is 22.6 Å². The summed E-state index contributed by atoms with van der Waals surface area (Å²) in [7, 11) is 0. The monoisotopic (exact) mass is 392 g/mol. The number of alkyl halides is 3. The molecule has 0 saturated carbocycles. The third-order valence-electron chi connectivity index (χ3n) is 4.23. The van der Waals surface area contributed by atoms with Gasteiger partial charge < -0.3 is 10.2 Å². The second kappa shape index (κ2) is 7.67. The number of amides is 1. The molecule has 2 aromatic rings. The van der Waals surface area contributed by atoms with Crippen LogP contribution in [0.25, 0.3) is 0 Å². The summed E-state index contributed by atoms with van der Waals surface area (Å²) in [5, 5.41) is 13.7. The largest absolute Gasteiger partial charge is 0.416 e. The topological polar surface area (TPSA) is 88.4 Å². The lowest BCUT2D eigenvalue weighted by atomic mass is 10.1. The summed E-state index contributed by atoms with van der Waals surface area (Å²) in [6.45, 7) is 0.609. The van der Waals surface area contributed by atoms with Crippen molar-refractivity contribution < 1.29 is 22.9 Å². The number of anilines is 2. The molecule has 7 nitrogen and oxygen atoms in total. The standard InChI is InChI=1S/C18H15F3N4O3/c19-18(20,21)13-3-5-14(6-4-13)23-17(26)12-7-10-24(11-8-12)16-15(25(27)28)2-1-9-22-16/h1-7,9H,8,10-11H2,(H,23,26). The van der Waals surface area contributed by atoms with Gasteiger partial charge in [0, 0.05) is 36.6 Å². The Labute approximate surface area is 157 Å². The summed E-state index contributed by atoms with van der Waals surface area (Å²) < 4.78 is 37.7. The smallest absolute Gasteiger partial charge is 0.347 e. The molecule has 0 aliphatic carbocycles. The molecule has 0 saturated heterocycles. The number of nitrogens with one attached hydrogen (secondary N) is 1. The van der Waals surface area contributed by atoms with E-state index in [1.54, 1.807) is 11.0 Å². The van der Waals surface area contributed by atoms with Crippen molar-refractivity contribution in [2.75, 3.05) is 23.3 Å². The molecule has 28 heavy (non-hydrogen) atoms. The molecule has 0 bridgehead atoms. The van der Waals surface area contributed by atoms with Crippen molar-refractivity contribution in [1.82, 2.24) is 4.98 Å². The zero-order valence-electron chi connectivity index (χ0n) is 14.4. The average Bonchev–Trinajstić information content (AvgIpc) is 2.68. The van der Waals surface area contributed by atoms with E-state index in [4.69, 9.17) is 0 Å². The molecule has 1 N–H and O–H groups in total. The summed E-state index contributed by atoms with van der Waals surface area (Å²) in [6.07, 6.45) is -1.04. The summed E-state index contributed by atoms with van der Waals surface area (Å²) >= 11 is 0. The van der Waals surface area contributed by atoms with Crippen LogP contribution in [0.3, 0.4) is 0 Å². The fourth-order valence-corrected chi connectivity index (χ4v) is 2.80. The molecule has 10 heteroatoms. The molecule has 0 radical (unpaired) electrons. The van der Waals surface area contributed by atoms with Crippen LogP contribution in [0.15, 0.2) is 54.2 Å². The highest BCUT2D eigenvalue weighted by atomic mass is 19.4. The molecule has 0 fully saturated rings. The Kier molecular flexibility index (Phi) is 5.30. The number of aromatic nitrogens is 1. The fraction of sp³-hybridized carbons (Fsp3) is 0.222. The minimum absolute atomic E-state index is 0.117. The molecule has 1 aliphatic heterocycles. The number of benzene rings is 1. The van der Waals surface area contributed by atoms with E-state index in [-0.39, 0.29) is 23.7 Å². The summed E-state index contributed by atoms with van der Waals surface area (Å²) in [4.78, 5) is 28.7. The molecule has 0 spiro atoms. The number of carbonyl (C=O) groups excluding carboxylic acids is 1. The van der Waals surface area contributed by atoms with Crippen LogP contribution >= 0.6 is 0 Å². The lowest BCUT2D eigenvalue weighted by Crippen LogP contribution is -2.32. The molecule has 2 heterocycles. The number of rotatable bonds is 4. The van der Waals surface area contributed by atoms with Crippen LogP contribution in [0.2, 0.25) is 0 Å². The van der Waals surface area contributed by atoms with Crippen molar-refractivity contribution in [3.05, 3.63) is 69.9 Å². The van der Waals surface area contributed by atoms with Gasteiger partial charge in [-0.1, -0.05) is 6.08 Å². The molecule has 1 aromatic heterocycles. The maximum absolute atomic E-state index is 12.6. The summed E-state index contributed by atoms with van der Waals surface area (Å²) in [6, 6.07) is 7.00. The molecule has 1 aromatic carbocycles. The van der Waals surface area contributed by atoms with Gasteiger partial charge in [-0.2, -0.15) is 13.2 Å². The van der Waals surface area contributed by atoms with Gasteiger partial charge in [-0.3, -0.25) is 14.9 Å². The molecular formula is C18H15F3N4O3. The van der Waals surface area contributed by atoms with Crippen molar-refractivity contribution in [2.24, 2.45) is 0 Å². The Balaban J connectivity index is 1.66. The van der Waals surface area contributed by atoms with Gasteiger partial charge in [0.15, 0.2) is 0 Å². The van der Waals surface area contributed by atoms with Gasteiger partial charge in [-0.25, -0.2) is 4.98 Å². The first-order valence-corrected chi connectivity index (χ1v) is 8.27. The molecule has 0 unspecified atom stereocenters. The van der Waals surface area contributed by atoms with E-state index in [1.165, 1.54) is 30.5 Å². The van der Waals surface area contributed by atoms with Crippen LogP contribution in [-0.2, 0) is 11.0 Å². The maximum atomic E-state index is 12.6. The lowest BCUT2D eigenvalue weighted by Gasteiger charge is -2.26. The van der Waals surface area contributed by atoms with E-state index in [0.29, 0.717) is 18.5 Å². The van der Waals surface area contributed by atoms with Crippen molar-refractivity contribution >= 4 is 23.1 Å². The minimum Gasteiger partial charge on any atom is -0.347 e. The first-order chi connectivity index (χ1) is 13.3. The molecule has 1 amide bonds. The van der Waals surface area contributed by atoms with Crippen LogP contribution < -0.4 is 10.2 Å². The molecule has 146 valence electrons. The quantitative estimate of drug-likeness (QED) is 0.632. The van der Waals surface area contributed by atoms with Crippen molar-refractivity contribution in [1.29, 1.82) is 0 Å². The van der Waals surface area contributed by atoms with Gasteiger partial charge in [0.2, 0.25) is 5.82 Å². The van der Waals surface area contributed by atoms with Crippen molar-refractivity contribution in [3.8, 4) is 0 Å². The number of nitro groups is 1. The molecule has 1 aliphatic rings. The highest BCUT2D eigenvalue weighted by Gasteiger charge is 2.30. The number of pyridine rings is 1. The number of hydrogen-bond acceptors (Lipinski definition) is 5. The van der Waals surface area contributed by atoms with E-state index in [0.717, 1.165) is 12.1 Å². The fourth-order valence-electron chi connectivity index (χ4n) is 2.80. The van der Waals surface area contributed by atoms with Crippen LogP contribution in [-0.4, -0.2) is 28.9 Å². The predicted octanol–water partition coefficient (Wildman–Crippen LogP) is 3.78. The van der Waals surface area contributed by atoms with E-state index in [2.05, 4.69) is 10.3 Å². The Hall–Kier alpha value is -3.43. The highest BCUT2D eigenvalue weighted by molar-refractivity contribution is 6.04. The van der Waals surface area contributed by atoms with Crippen molar-refractivity contribution in [2.45, 2.75) is 12.6 Å². The molecule has 3 rings (SSSR count). The summed E-state index contributed by atoms with van der Waals surface area (Å²) in [5.74, 6) is -0.194. The molecule has 0 atom stereocenters. The van der Waals surface area contributed by atoms with Crippen LogP contribution in [0.1, 0.15) is 12.0 Å². The van der Waals surface area contributed by atoms with Gasteiger partial charge in [-0.05, 0) is 36.8 Å². The van der Waals surface area contributed by atoms with E-state index >= 15 is 0 Å². The SMILES string of the molecule is O=C(Nc1ccc(C(F)(F)F)cc1)C1=CCN(c2ncccc2[N+](=O)[O-])CC1. The Morgan fingerprint density at radius 3 is 2.50 bits per heavy atom. The number of carbonyl (C=O) groups is 1. The zero-order chi connectivity index (χ0) is 20.3. The normalized spacial score (nSPS) is 14.4. The first kappa shape index (κ1) is 19.3. The third-order valence-corrected chi connectivity index (χ3v) is 4.23. The van der Waals surface area contributed by atoms with E-state index in [9.17, 15) is 28.1 Å². The van der Waals surface area contributed by atoms with Crippen LogP contribution in [0.4, 0.5) is 30.4 Å². The highest BCUT2D eigenvalue weighted by Crippen LogP contribution is 2.30. The number of hydrogen-bond donors (Lipinski definition) is 1. The third kappa shape index (κ3) is 4.27. The Bertz CT molecular complexity index is 926. The van der Waals surface area contributed by atoms with E-state index in [1.807, 2.05) is 0 Å². The predicted molar refractivity (Wildman–Crippen MR) is 95.9 cm³/mol. The second-order valence-corrected chi connectivity index (χ2v) is 6.06. The van der Waals surface area contributed by atoms with Gasteiger partial charge in [-0.15, -0.1) is 0 Å². The Morgan fingerprint density at radius 1 is 1.21 bits per heavy atom. The van der Waals surface area contributed by atoms with Gasteiger partial charge >= 0.3 is 11.9 Å². The van der Waals surface area contributed by atoms with Gasteiger partial charge in [0.05, 0.1) is 10.5 Å². The van der Waals surface area contributed by atoms with Gasteiger partial charge in [0.25, 0.3) is 5.91 Å². The van der Waals surface area contributed by atoms with Crippen LogP contribution in [0.5, 0.6) is 0 Å². The Morgan fingerprint density at radius 2 is 1.93 bits per heavy atom. The lowest BCUT2D eigenvalue weighted by molar-refractivity contribution is -0.384.